The molecule has 0 unspecified atom stereocenters. The van der Waals surface area contributed by atoms with Crippen LogP contribution in [0.15, 0.2) is 18.2 Å². The van der Waals surface area contributed by atoms with Gasteiger partial charge in [0.2, 0.25) is 0 Å². The second-order valence-electron chi connectivity index (χ2n) is 4.30. The molecule has 0 fully saturated rings. The van der Waals surface area contributed by atoms with E-state index in [0.29, 0.717) is 19.8 Å². The van der Waals surface area contributed by atoms with Gasteiger partial charge in [-0.1, -0.05) is 12.1 Å². The maximum Gasteiger partial charge on any atom is 0.0637 e. The third-order valence-electron chi connectivity index (χ3n) is 2.97. The van der Waals surface area contributed by atoms with E-state index in [1.807, 2.05) is 0 Å². The SMILES string of the molecule is COCCN(CCOC)c1ccc(CN)cc1C. The number of nitrogens with zero attached hydrogens (tertiary/aromatic N) is 1. The minimum absolute atomic E-state index is 0.581. The molecule has 0 spiro atoms. The molecule has 4 heteroatoms. The van der Waals surface area contributed by atoms with Gasteiger partial charge in [-0.05, 0) is 24.1 Å². The van der Waals surface area contributed by atoms with Gasteiger partial charge in [0.1, 0.15) is 0 Å². The average Bonchev–Trinajstić information content (AvgIpc) is 2.39. The van der Waals surface area contributed by atoms with Crippen molar-refractivity contribution in [3.63, 3.8) is 0 Å². The average molecular weight is 252 g/mol. The summed E-state index contributed by atoms with van der Waals surface area (Å²) in [5.41, 5.74) is 9.28. The van der Waals surface area contributed by atoms with Gasteiger partial charge in [-0.3, -0.25) is 0 Å². The van der Waals surface area contributed by atoms with Crippen molar-refractivity contribution >= 4 is 5.69 Å². The Labute approximate surface area is 110 Å². The highest BCUT2D eigenvalue weighted by atomic mass is 16.5. The lowest BCUT2D eigenvalue weighted by atomic mass is 10.1. The molecule has 0 amide bonds. The quantitative estimate of drug-likeness (QED) is 0.762. The molecule has 0 aliphatic carbocycles. The number of hydrogen-bond donors (Lipinski definition) is 1. The van der Waals surface area contributed by atoms with Crippen LogP contribution in [-0.4, -0.2) is 40.5 Å². The topological polar surface area (TPSA) is 47.7 Å². The molecule has 1 rings (SSSR count). The molecule has 102 valence electrons. The van der Waals surface area contributed by atoms with Crippen molar-refractivity contribution in [2.75, 3.05) is 45.4 Å². The van der Waals surface area contributed by atoms with Crippen molar-refractivity contribution < 1.29 is 9.47 Å². The van der Waals surface area contributed by atoms with Gasteiger partial charge in [-0.25, -0.2) is 0 Å². The largest absolute Gasteiger partial charge is 0.383 e. The van der Waals surface area contributed by atoms with E-state index in [1.165, 1.54) is 11.3 Å². The van der Waals surface area contributed by atoms with Crippen LogP contribution in [0.25, 0.3) is 0 Å². The van der Waals surface area contributed by atoms with Crippen LogP contribution in [0.5, 0.6) is 0 Å². The van der Waals surface area contributed by atoms with Gasteiger partial charge >= 0.3 is 0 Å². The highest BCUT2D eigenvalue weighted by Crippen LogP contribution is 2.21. The molecular formula is C14H24N2O2. The minimum Gasteiger partial charge on any atom is -0.383 e. The zero-order chi connectivity index (χ0) is 13.4. The third-order valence-corrected chi connectivity index (χ3v) is 2.97. The second kappa shape index (κ2) is 8.08. The van der Waals surface area contributed by atoms with Crippen molar-refractivity contribution in [1.82, 2.24) is 0 Å². The fraction of sp³-hybridized carbons (Fsp3) is 0.571. The molecular weight excluding hydrogens is 228 g/mol. The van der Waals surface area contributed by atoms with Crippen molar-refractivity contribution in [3.8, 4) is 0 Å². The van der Waals surface area contributed by atoms with Crippen LogP contribution in [0.3, 0.4) is 0 Å². The Morgan fingerprint density at radius 3 is 2.17 bits per heavy atom. The van der Waals surface area contributed by atoms with Gasteiger partial charge in [0.05, 0.1) is 13.2 Å². The lowest BCUT2D eigenvalue weighted by Gasteiger charge is -2.26. The zero-order valence-corrected chi connectivity index (χ0v) is 11.6. The van der Waals surface area contributed by atoms with E-state index in [1.54, 1.807) is 14.2 Å². The fourth-order valence-electron chi connectivity index (χ4n) is 1.96. The van der Waals surface area contributed by atoms with Gasteiger partial charge < -0.3 is 20.1 Å². The highest BCUT2D eigenvalue weighted by molar-refractivity contribution is 5.54. The Morgan fingerprint density at radius 2 is 1.72 bits per heavy atom. The maximum atomic E-state index is 5.65. The summed E-state index contributed by atoms with van der Waals surface area (Å²) in [6, 6.07) is 6.35. The summed E-state index contributed by atoms with van der Waals surface area (Å²) >= 11 is 0. The normalized spacial score (nSPS) is 10.7. The van der Waals surface area contributed by atoms with Gasteiger partial charge in [0, 0.05) is 39.5 Å². The maximum absolute atomic E-state index is 5.65. The molecule has 0 aliphatic rings. The molecule has 2 N–H and O–H groups in total. The predicted molar refractivity (Wildman–Crippen MR) is 75.0 cm³/mol. The number of ether oxygens (including phenoxy) is 2. The zero-order valence-electron chi connectivity index (χ0n) is 11.6. The number of benzene rings is 1. The number of anilines is 1. The van der Waals surface area contributed by atoms with Crippen molar-refractivity contribution in [2.45, 2.75) is 13.5 Å². The first-order chi connectivity index (χ1) is 8.72. The number of methoxy groups -OCH3 is 2. The van der Waals surface area contributed by atoms with E-state index in [9.17, 15) is 0 Å². The summed E-state index contributed by atoms with van der Waals surface area (Å²) in [5, 5.41) is 0. The van der Waals surface area contributed by atoms with Gasteiger partial charge in [-0.15, -0.1) is 0 Å². The van der Waals surface area contributed by atoms with Crippen LogP contribution in [-0.2, 0) is 16.0 Å². The second-order valence-corrected chi connectivity index (χ2v) is 4.30. The summed E-state index contributed by atoms with van der Waals surface area (Å²) in [5.74, 6) is 0. The molecule has 0 aromatic heterocycles. The van der Waals surface area contributed by atoms with Crippen molar-refractivity contribution in [3.05, 3.63) is 29.3 Å². The summed E-state index contributed by atoms with van der Waals surface area (Å²) in [4.78, 5) is 2.28. The van der Waals surface area contributed by atoms with Crippen LogP contribution in [0.2, 0.25) is 0 Å². The molecule has 1 aromatic rings. The van der Waals surface area contributed by atoms with Crippen LogP contribution < -0.4 is 10.6 Å². The van der Waals surface area contributed by atoms with Gasteiger partial charge in [0.15, 0.2) is 0 Å². The lowest BCUT2D eigenvalue weighted by Crippen LogP contribution is -2.31. The Balaban J connectivity index is 2.82. The first kappa shape index (κ1) is 15.0. The smallest absolute Gasteiger partial charge is 0.0637 e. The molecule has 4 nitrogen and oxygen atoms in total. The molecule has 0 aliphatic heterocycles. The number of nitrogens with two attached hydrogens (primary N) is 1. The summed E-state index contributed by atoms with van der Waals surface area (Å²) in [6.45, 7) is 5.84. The molecule has 0 radical (unpaired) electrons. The molecule has 1 aromatic carbocycles. The van der Waals surface area contributed by atoms with Crippen molar-refractivity contribution in [2.24, 2.45) is 5.73 Å². The summed E-state index contributed by atoms with van der Waals surface area (Å²) in [6.07, 6.45) is 0. The van der Waals surface area contributed by atoms with E-state index in [0.717, 1.165) is 18.7 Å². The number of hydrogen-bond acceptors (Lipinski definition) is 4. The standard InChI is InChI=1S/C14H24N2O2/c1-12-10-13(11-15)4-5-14(12)16(6-8-17-2)7-9-18-3/h4-5,10H,6-9,11,15H2,1-3H3. The third kappa shape index (κ3) is 4.29. The van der Waals surface area contributed by atoms with Gasteiger partial charge in [-0.2, -0.15) is 0 Å². The monoisotopic (exact) mass is 252 g/mol. The van der Waals surface area contributed by atoms with Crippen molar-refractivity contribution in [1.29, 1.82) is 0 Å². The van der Waals surface area contributed by atoms with Crippen LogP contribution in [0, 0.1) is 6.92 Å². The Morgan fingerprint density at radius 1 is 1.11 bits per heavy atom. The van der Waals surface area contributed by atoms with Crippen LogP contribution in [0.1, 0.15) is 11.1 Å². The van der Waals surface area contributed by atoms with Crippen LogP contribution >= 0.6 is 0 Å². The summed E-state index contributed by atoms with van der Waals surface area (Å²) in [7, 11) is 3.44. The lowest BCUT2D eigenvalue weighted by molar-refractivity contribution is 0.190. The summed E-state index contributed by atoms with van der Waals surface area (Å²) < 4.78 is 10.3. The van der Waals surface area contributed by atoms with Gasteiger partial charge in [0.25, 0.3) is 0 Å². The minimum atomic E-state index is 0.581. The van der Waals surface area contributed by atoms with E-state index >= 15 is 0 Å². The molecule has 0 saturated carbocycles. The first-order valence-corrected chi connectivity index (χ1v) is 6.25. The molecule has 0 saturated heterocycles. The van der Waals surface area contributed by atoms with E-state index in [2.05, 4.69) is 30.0 Å². The Kier molecular flexibility index (Phi) is 6.72. The number of rotatable bonds is 8. The highest BCUT2D eigenvalue weighted by Gasteiger charge is 2.09. The predicted octanol–water partition coefficient (Wildman–Crippen LogP) is 1.55. The van der Waals surface area contributed by atoms with E-state index in [-0.39, 0.29) is 0 Å². The fourth-order valence-corrected chi connectivity index (χ4v) is 1.96. The molecule has 0 heterocycles. The molecule has 0 bridgehead atoms. The molecule has 0 atom stereocenters. The van der Waals surface area contributed by atoms with Crippen LogP contribution in [0.4, 0.5) is 5.69 Å². The Bertz CT molecular complexity index is 348. The first-order valence-electron chi connectivity index (χ1n) is 6.25. The molecule has 18 heavy (non-hydrogen) atoms. The van der Waals surface area contributed by atoms with E-state index in [4.69, 9.17) is 15.2 Å². The number of aryl methyl sites for hydroxylation is 1. The van der Waals surface area contributed by atoms with E-state index < -0.39 is 0 Å². The Hall–Kier alpha value is -1.10.